The van der Waals surface area contributed by atoms with Gasteiger partial charge in [0.25, 0.3) is 0 Å². The molecule has 5 nitrogen and oxygen atoms in total. The van der Waals surface area contributed by atoms with Crippen LogP contribution in [0.4, 0.5) is 5.69 Å². The van der Waals surface area contributed by atoms with Gasteiger partial charge >= 0.3 is 0 Å². The molecule has 7 heteroatoms. The van der Waals surface area contributed by atoms with Crippen molar-refractivity contribution in [2.75, 3.05) is 18.2 Å². The Hall–Kier alpha value is -3.09. The van der Waals surface area contributed by atoms with Gasteiger partial charge in [0.15, 0.2) is 9.84 Å². The number of nitrogens with zero attached hydrogens (tertiary/aromatic N) is 3. The molecule has 0 aliphatic carbocycles. The highest BCUT2D eigenvalue weighted by atomic mass is 35.5. The highest BCUT2D eigenvalue weighted by Crippen LogP contribution is 2.26. The predicted octanol–water partition coefficient (Wildman–Crippen LogP) is 5.23. The van der Waals surface area contributed by atoms with Gasteiger partial charge < -0.3 is 4.90 Å². The van der Waals surface area contributed by atoms with Gasteiger partial charge in [0.2, 0.25) is 0 Å². The molecule has 0 aliphatic heterocycles. The van der Waals surface area contributed by atoms with Gasteiger partial charge in [-0.1, -0.05) is 29.8 Å². The number of sulfone groups is 1. The van der Waals surface area contributed by atoms with Gasteiger partial charge in [0, 0.05) is 41.5 Å². The first-order chi connectivity index (χ1) is 14.8. The summed E-state index contributed by atoms with van der Waals surface area (Å²) in [6.07, 6.45) is 3.19. The molecule has 0 N–H and O–H groups in total. The lowest BCUT2D eigenvalue weighted by Gasteiger charge is -2.17. The van der Waals surface area contributed by atoms with Crippen molar-refractivity contribution in [3.8, 4) is 17.1 Å². The molecule has 0 aliphatic rings. The first-order valence-corrected chi connectivity index (χ1v) is 12.0. The molecule has 3 aromatic carbocycles. The van der Waals surface area contributed by atoms with Gasteiger partial charge in [-0.05, 0) is 60.7 Å². The van der Waals surface area contributed by atoms with Crippen molar-refractivity contribution in [3.63, 3.8) is 0 Å². The van der Waals surface area contributed by atoms with Gasteiger partial charge in [0.05, 0.1) is 17.1 Å². The zero-order valence-electron chi connectivity index (χ0n) is 17.2. The molecular weight excluding hydrogens is 430 g/mol. The van der Waals surface area contributed by atoms with Crippen LogP contribution in [-0.2, 0) is 16.4 Å². The summed E-state index contributed by atoms with van der Waals surface area (Å²) in [5, 5.41) is 0.656. The fourth-order valence-corrected chi connectivity index (χ4v) is 4.13. The van der Waals surface area contributed by atoms with Gasteiger partial charge in [-0.2, -0.15) is 0 Å². The Morgan fingerprint density at radius 1 is 0.935 bits per heavy atom. The summed E-state index contributed by atoms with van der Waals surface area (Å²) in [6, 6.07) is 24.5. The number of para-hydroxylation sites is 1. The van der Waals surface area contributed by atoms with E-state index >= 15 is 0 Å². The van der Waals surface area contributed by atoms with Crippen LogP contribution in [0.5, 0.6) is 0 Å². The summed E-state index contributed by atoms with van der Waals surface area (Å²) in [4.78, 5) is 7.30. The van der Waals surface area contributed by atoms with Crippen LogP contribution in [0.1, 0.15) is 5.69 Å². The molecule has 158 valence electrons. The normalized spacial score (nSPS) is 11.5. The number of anilines is 1. The topological polar surface area (TPSA) is 55.2 Å². The van der Waals surface area contributed by atoms with E-state index in [0.29, 0.717) is 11.6 Å². The van der Waals surface area contributed by atoms with Gasteiger partial charge in [-0.15, -0.1) is 0 Å². The number of aromatic nitrogens is 2. The van der Waals surface area contributed by atoms with Gasteiger partial charge in [-0.25, -0.2) is 13.4 Å². The molecule has 0 fully saturated rings. The number of hydrogen-bond donors (Lipinski definition) is 0. The number of hydrogen-bond acceptors (Lipinski definition) is 4. The largest absolute Gasteiger partial charge is 0.369 e. The van der Waals surface area contributed by atoms with E-state index in [1.807, 2.05) is 60.3 Å². The summed E-state index contributed by atoms with van der Waals surface area (Å²) in [7, 11) is -1.23. The van der Waals surface area contributed by atoms with Crippen LogP contribution >= 0.6 is 11.6 Å². The van der Waals surface area contributed by atoms with Crippen LogP contribution in [0.2, 0.25) is 5.02 Å². The lowest BCUT2D eigenvalue weighted by molar-refractivity contribution is 0.602. The summed E-state index contributed by atoms with van der Waals surface area (Å²) in [5.74, 6) is 0.764. The average Bonchev–Trinajstić information content (AvgIpc) is 3.18. The van der Waals surface area contributed by atoms with Crippen LogP contribution in [0, 0.1) is 0 Å². The molecule has 0 amide bonds. The molecule has 1 aromatic heterocycles. The van der Waals surface area contributed by atoms with Crippen molar-refractivity contribution < 1.29 is 8.42 Å². The molecule has 0 atom stereocenters. The van der Waals surface area contributed by atoms with E-state index in [4.69, 9.17) is 16.6 Å². The molecule has 0 saturated heterocycles. The number of imidazole rings is 1. The number of benzene rings is 3. The summed E-state index contributed by atoms with van der Waals surface area (Å²) >= 11 is 6.07. The van der Waals surface area contributed by atoms with Crippen LogP contribution < -0.4 is 4.90 Å². The second-order valence-electron chi connectivity index (χ2n) is 7.39. The lowest BCUT2D eigenvalue weighted by atomic mass is 10.2. The van der Waals surface area contributed by atoms with E-state index in [9.17, 15) is 8.42 Å². The minimum atomic E-state index is -3.26. The maximum Gasteiger partial charge on any atom is 0.175 e. The van der Waals surface area contributed by atoms with E-state index in [1.54, 1.807) is 24.3 Å². The molecule has 0 bridgehead atoms. The van der Waals surface area contributed by atoms with Crippen molar-refractivity contribution in [3.05, 3.63) is 95.8 Å². The zero-order chi connectivity index (χ0) is 22.0. The molecule has 0 unspecified atom stereocenters. The minimum absolute atomic E-state index is 0.286. The fraction of sp³-hybridized carbons (Fsp3) is 0.125. The predicted molar refractivity (Wildman–Crippen MR) is 126 cm³/mol. The van der Waals surface area contributed by atoms with Crippen LogP contribution in [0.15, 0.2) is 90.0 Å². The maximum absolute atomic E-state index is 11.8. The van der Waals surface area contributed by atoms with Gasteiger partial charge in [0.1, 0.15) is 5.82 Å². The van der Waals surface area contributed by atoms with E-state index in [2.05, 4.69) is 17.0 Å². The third-order valence-corrected chi connectivity index (χ3v) is 6.38. The second-order valence-corrected chi connectivity index (χ2v) is 9.84. The Balaban J connectivity index is 1.74. The zero-order valence-corrected chi connectivity index (χ0v) is 18.8. The minimum Gasteiger partial charge on any atom is -0.369 e. The molecule has 0 radical (unpaired) electrons. The Morgan fingerprint density at radius 3 is 2.19 bits per heavy atom. The lowest BCUT2D eigenvalue weighted by Crippen LogP contribution is -2.16. The van der Waals surface area contributed by atoms with Crippen molar-refractivity contribution in [1.29, 1.82) is 0 Å². The molecule has 4 rings (SSSR count). The first kappa shape index (κ1) is 21.2. The Labute approximate surface area is 187 Å². The maximum atomic E-state index is 11.8. The average molecular weight is 452 g/mol. The number of halogens is 1. The number of rotatable bonds is 6. The van der Waals surface area contributed by atoms with Gasteiger partial charge in [-0.3, -0.25) is 4.57 Å². The smallest absolute Gasteiger partial charge is 0.175 e. The summed E-state index contributed by atoms with van der Waals surface area (Å²) in [5.41, 5.74) is 3.75. The first-order valence-electron chi connectivity index (χ1n) is 9.72. The molecular formula is C24H22ClN3O2S. The third-order valence-electron chi connectivity index (χ3n) is 5.00. The van der Waals surface area contributed by atoms with Crippen molar-refractivity contribution in [2.24, 2.45) is 0 Å². The highest BCUT2D eigenvalue weighted by Gasteiger charge is 2.15. The molecule has 1 heterocycles. The van der Waals surface area contributed by atoms with E-state index < -0.39 is 9.84 Å². The van der Waals surface area contributed by atoms with Crippen LogP contribution in [-0.4, -0.2) is 31.3 Å². The van der Waals surface area contributed by atoms with Crippen molar-refractivity contribution in [2.45, 2.75) is 11.4 Å². The quantitative estimate of drug-likeness (QED) is 0.402. The molecule has 0 saturated carbocycles. The van der Waals surface area contributed by atoms with Crippen LogP contribution in [0.25, 0.3) is 17.1 Å². The monoisotopic (exact) mass is 451 g/mol. The van der Waals surface area contributed by atoms with E-state index in [0.717, 1.165) is 28.5 Å². The fourth-order valence-electron chi connectivity index (χ4n) is 3.38. The summed E-state index contributed by atoms with van der Waals surface area (Å²) in [6.45, 7) is 0.624. The Morgan fingerprint density at radius 2 is 1.58 bits per heavy atom. The third kappa shape index (κ3) is 4.81. The second kappa shape index (κ2) is 8.57. The van der Waals surface area contributed by atoms with Crippen molar-refractivity contribution >= 4 is 27.1 Å². The highest BCUT2D eigenvalue weighted by molar-refractivity contribution is 7.90. The molecule has 31 heavy (non-hydrogen) atoms. The van der Waals surface area contributed by atoms with Crippen molar-refractivity contribution in [1.82, 2.24) is 9.55 Å². The summed E-state index contributed by atoms with van der Waals surface area (Å²) < 4.78 is 25.6. The van der Waals surface area contributed by atoms with E-state index in [-0.39, 0.29) is 4.90 Å². The van der Waals surface area contributed by atoms with Crippen LogP contribution in [0.3, 0.4) is 0 Å². The van der Waals surface area contributed by atoms with E-state index in [1.165, 1.54) is 6.26 Å². The molecule has 0 spiro atoms. The SMILES string of the molecule is CN(Cc1cn(-c2ccc(S(C)(=O)=O)cc2)c(-c2ccc(Cl)cc2)n1)c1ccccc1. The standard InChI is InChI=1S/C24H22ClN3O2S/c1-27(21-6-4-3-5-7-21)16-20-17-28(22-12-14-23(15-13-22)31(2,29)30)24(26-20)18-8-10-19(25)11-9-18/h3-15,17H,16H2,1-2H3. The Bertz CT molecular complexity index is 1280. The Kier molecular flexibility index (Phi) is 5.85. The molecule has 4 aromatic rings.